The van der Waals surface area contributed by atoms with E-state index in [1.54, 1.807) is 7.05 Å². The minimum absolute atomic E-state index is 0.161. The highest BCUT2D eigenvalue weighted by Gasteiger charge is 2.24. The molecule has 0 saturated carbocycles. The van der Waals surface area contributed by atoms with Gasteiger partial charge in [-0.15, -0.1) is 0 Å². The van der Waals surface area contributed by atoms with Crippen LogP contribution in [0.3, 0.4) is 0 Å². The number of nitrogens with one attached hydrogen (secondary N) is 2. The van der Waals surface area contributed by atoms with Gasteiger partial charge in [0.15, 0.2) is 0 Å². The van der Waals surface area contributed by atoms with E-state index in [0.29, 0.717) is 13.0 Å². The number of methoxy groups -OCH3 is 1. The van der Waals surface area contributed by atoms with Crippen LogP contribution < -0.4 is 10.6 Å². The summed E-state index contributed by atoms with van der Waals surface area (Å²) in [5.41, 5.74) is 0.976. The van der Waals surface area contributed by atoms with Gasteiger partial charge in [-0.3, -0.25) is 4.79 Å². The van der Waals surface area contributed by atoms with E-state index in [1.165, 1.54) is 7.11 Å². The lowest BCUT2D eigenvalue weighted by Gasteiger charge is -2.19. The number of hydrogen-bond acceptors (Lipinski definition) is 4. The second-order valence-corrected chi connectivity index (χ2v) is 4.73. The maximum Gasteiger partial charge on any atom is 0.328 e. The van der Waals surface area contributed by atoms with Crippen LogP contribution in [0.5, 0.6) is 0 Å². The lowest BCUT2D eigenvalue weighted by atomic mass is 10.0. The molecule has 0 aliphatic carbocycles. The summed E-state index contributed by atoms with van der Waals surface area (Å²) in [5.74, 6) is -0.799. The van der Waals surface area contributed by atoms with Crippen molar-refractivity contribution in [2.24, 2.45) is 5.92 Å². The van der Waals surface area contributed by atoms with E-state index >= 15 is 0 Å². The van der Waals surface area contributed by atoms with E-state index in [0.717, 1.165) is 5.56 Å². The molecule has 2 unspecified atom stereocenters. The van der Waals surface area contributed by atoms with Gasteiger partial charge in [-0.1, -0.05) is 37.3 Å². The van der Waals surface area contributed by atoms with Crippen molar-refractivity contribution in [2.75, 3.05) is 20.7 Å². The SMILES string of the molecule is CNCC(C)C(=O)NC(Cc1ccccc1)C(=O)OC. The minimum Gasteiger partial charge on any atom is -0.467 e. The molecular weight excluding hydrogens is 256 g/mol. The van der Waals surface area contributed by atoms with Crippen molar-refractivity contribution in [1.29, 1.82) is 0 Å². The molecule has 1 rings (SSSR count). The number of esters is 1. The van der Waals surface area contributed by atoms with Crippen molar-refractivity contribution in [3.8, 4) is 0 Å². The molecule has 0 aliphatic rings. The number of benzene rings is 1. The zero-order valence-electron chi connectivity index (χ0n) is 12.2. The standard InChI is InChI=1S/C15H22N2O3/c1-11(10-16-2)14(18)17-13(15(19)20-3)9-12-7-5-4-6-8-12/h4-8,11,13,16H,9-10H2,1-3H3,(H,17,18). The molecule has 110 valence electrons. The molecule has 0 heterocycles. The van der Waals surface area contributed by atoms with Gasteiger partial charge in [0.2, 0.25) is 5.91 Å². The van der Waals surface area contributed by atoms with Crippen molar-refractivity contribution in [1.82, 2.24) is 10.6 Å². The summed E-state index contributed by atoms with van der Waals surface area (Å²) in [6.45, 7) is 2.37. The molecule has 2 atom stereocenters. The third kappa shape index (κ3) is 5.01. The molecule has 0 aromatic heterocycles. The molecule has 2 N–H and O–H groups in total. The smallest absolute Gasteiger partial charge is 0.328 e. The van der Waals surface area contributed by atoms with Crippen LogP contribution in [0.25, 0.3) is 0 Å². The Hall–Kier alpha value is -1.88. The zero-order valence-corrected chi connectivity index (χ0v) is 12.2. The highest BCUT2D eigenvalue weighted by atomic mass is 16.5. The Morgan fingerprint density at radius 3 is 2.45 bits per heavy atom. The van der Waals surface area contributed by atoms with E-state index < -0.39 is 12.0 Å². The van der Waals surface area contributed by atoms with E-state index in [1.807, 2.05) is 37.3 Å². The van der Waals surface area contributed by atoms with Gasteiger partial charge >= 0.3 is 5.97 Å². The Balaban J connectivity index is 2.70. The zero-order chi connectivity index (χ0) is 15.0. The van der Waals surface area contributed by atoms with Crippen LogP contribution >= 0.6 is 0 Å². The van der Waals surface area contributed by atoms with Gasteiger partial charge in [-0.05, 0) is 12.6 Å². The van der Waals surface area contributed by atoms with Crippen molar-refractivity contribution >= 4 is 11.9 Å². The van der Waals surface area contributed by atoms with E-state index in [9.17, 15) is 9.59 Å². The van der Waals surface area contributed by atoms with Gasteiger partial charge in [0.25, 0.3) is 0 Å². The molecule has 0 bridgehead atoms. The fourth-order valence-electron chi connectivity index (χ4n) is 1.90. The molecule has 0 aliphatic heterocycles. The summed E-state index contributed by atoms with van der Waals surface area (Å²) in [6, 6.07) is 8.88. The topological polar surface area (TPSA) is 67.4 Å². The van der Waals surface area contributed by atoms with Crippen LogP contribution in [-0.4, -0.2) is 38.6 Å². The lowest BCUT2D eigenvalue weighted by Crippen LogP contribution is -2.46. The van der Waals surface area contributed by atoms with Gasteiger partial charge in [0.05, 0.1) is 7.11 Å². The Morgan fingerprint density at radius 2 is 1.90 bits per heavy atom. The fourth-order valence-corrected chi connectivity index (χ4v) is 1.90. The molecule has 1 amide bonds. The van der Waals surface area contributed by atoms with Crippen LogP contribution in [-0.2, 0) is 20.7 Å². The third-order valence-electron chi connectivity index (χ3n) is 3.04. The summed E-state index contributed by atoms with van der Waals surface area (Å²) in [5, 5.41) is 5.68. The maximum atomic E-state index is 12.0. The first kappa shape index (κ1) is 16.2. The quantitative estimate of drug-likeness (QED) is 0.722. The molecule has 0 radical (unpaired) electrons. The molecular formula is C15H22N2O3. The number of amides is 1. The number of rotatable bonds is 7. The Morgan fingerprint density at radius 1 is 1.25 bits per heavy atom. The predicted molar refractivity (Wildman–Crippen MR) is 77.2 cm³/mol. The summed E-state index contributed by atoms with van der Waals surface area (Å²) in [4.78, 5) is 23.8. The van der Waals surface area contributed by atoms with Crippen LogP contribution in [0.2, 0.25) is 0 Å². The van der Waals surface area contributed by atoms with Gasteiger partial charge < -0.3 is 15.4 Å². The predicted octanol–water partition coefficient (Wildman–Crippen LogP) is 0.742. The van der Waals surface area contributed by atoms with Crippen LogP contribution in [0.1, 0.15) is 12.5 Å². The third-order valence-corrected chi connectivity index (χ3v) is 3.04. The number of carbonyl (C=O) groups excluding carboxylic acids is 2. The first-order valence-corrected chi connectivity index (χ1v) is 6.65. The molecule has 5 heteroatoms. The van der Waals surface area contributed by atoms with Crippen LogP contribution in [0, 0.1) is 5.92 Å². The second-order valence-electron chi connectivity index (χ2n) is 4.73. The van der Waals surface area contributed by atoms with Gasteiger partial charge in [0, 0.05) is 18.9 Å². The lowest BCUT2D eigenvalue weighted by molar-refractivity contribution is -0.145. The van der Waals surface area contributed by atoms with E-state index in [-0.39, 0.29) is 11.8 Å². The molecule has 1 aromatic carbocycles. The first-order chi connectivity index (χ1) is 9.58. The van der Waals surface area contributed by atoms with Gasteiger partial charge in [-0.2, -0.15) is 0 Å². The maximum absolute atomic E-state index is 12.0. The van der Waals surface area contributed by atoms with Crippen LogP contribution in [0.4, 0.5) is 0 Å². The highest BCUT2D eigenvalue weighted by molar-refractivity contribution is 5.85. The molecule has 5 nitrogen and oxygen atoms in total. The normalized spacial score (nSPS) is 13.3. The average molecular weight is 278 g/mol. The molecule has 0 fully saturated rings. The number of hydrogen-bond donors (Lipinski definition) is 2. The van der Waals surface area contributed by atoms with Crippen molar-refractivity contribution in [3.63, 3.8) is 0 Å². The Labute approximate surface area is 119 Å². The Kier molecular flexibility index (Phi) is 6.73. The molecule has 20 heavy (non-hydrogen) atoms. The minimum atomic E-state index is -0.658. The largest absolute Gasteiger partial charge is 0.467 e. The Bertz CT molecular complexity index is 434. The van der Waals surface area contributed by atoms with Gasteiger partial charge in [-0.25, -0.2) is 4.79 Å². The summed E-state index contributed by atoms with van der Waals surface area (Å²) in [6.07, 6.45) is 0.422. The van der Waals surface area contributed by atoms with E-state index in [2.05, 4.69) is 10.6 Å². The first-order valence-electron chi connectivity index (χ1n) is 6.65. The number of carbonyl (C=O) groups is 2. The van der Waals surface area contributed by atoms with E-state index in [4.69, 9.17) is 4.74 Å². The summed E-state index contributed by atoms with van der Waals surface area (Å²) >= 11 is 0. The monoisotopic (exact) mass is 278 g/mol. The highest BCUT2D eigenvalue weighted by Crippen LogP contribution is 2.05. The summed E-state index contributed by atoms with van der Waals surface area (Å²) < 4.78 is 4.76. The molecule has 1 aromatic rings. The van der Waals surface area contributed by atoms with Crippen molar-refractivity contribution in [2.45, 2.75) is 19.4 Å². The molecule has 0 saturated heterocycles. The van der Waals surface area contributed by atoms with Crippen molar-refractivity contribution < 1.29 is 14.3 Å². The second kappa shape index (κ2) is 8.32. The van der Waals surface area contributed by atoms with Crippen molar-refractivity contribution in [3.05, 3.63) is 35.9 Å². The van der Waals surface area contributed by atoms with Gasteiger partial charge in [0.1, 0.15) is 6.04 Å². The fraction of sp³-hybridized carbons (Fsp3) is 0.467. The number of ether oxygens (including phenoxy) is 1. The van der Waals surface area contributed by atoms with Crippen LogP contribution in [0.15, 0.2) is 30.3 Å². The molecule has 0 spiro atoms. The summed E-state index contributed by atoms with van der Waals surface area (Å²) in [7, 11) is 3.11. The average Bonchev–Trinajstić information content (AvgIpc) is 2.47.